The lowest BCUT2D eigenvalue weighted by Gasteiger charge is -2.08. The van der Waals surface area contributed by atoms with Gasteiger partial charge in [0.05, 0.1) is 16.1 Å². The largest absolute Gasteiger partial charge is 0.483 e. The van der Waals surface area contributed by atoms with Crippen LogP contribution in [0.4, 0.5) is 0 Å². The summed E-state index contributed by atoms with van der Waals surface area (Å²) >= 11 is 6.80. The highest BCUT2D eigenvalue weighted by molar-refractivity contribution is 9.11. The number of hydrogen-bond acceptors (Lipinski definition) is 4. The number of hydrogen-bond donors (Lipinski definition) is 0. The van der Waals surface area contributed by atoms with E-state index in [1.807, 2.05) is 18.2 Å². The lowest BCUT2D eigenvalue weighted by molar-refractivity contribution is 0.0561. The molecule has 0 amide bonds. The lowest BCUT2D eigenvalue weighted by Crippen LogP contribution is -1.99. The predicted octanol–water partition coefficient (Wildman–Crippen LogP) is 4.17. The zero-order valence-electron chi connectivity index (χ0n) is 9.98. The molecule has 0 saturated carbocycles. The van der Waals surface area contributed by atoms with E-state index in [2.05, 4.69) is 36.6 Å². The van der Waals surface area contributed by atoms with E-state index in [-0.39, 0.29) is 12.4 Å². The molecule has 1 aromatic carbocycles. The summed E-state index contributed by atoms with van der Waals surface area (Å²) in [6.07, 6.45) is 0. The zero-order chi connectivity index (χ0) is 13.8. The molecule has 0 bridgehead atoms. The van der Waals surface area contributed by atoms with E-state index in [0.717, 1.165) is 8.95 Å². The highest BCUT2D eigenvalue weighted by Crippen LogP contribution is 2.33. The lowest BCUT2D eigenvalue weighted by atomic mass is 10.3. The first-order valence-electron chi connectivity index (χ1n) is 5.35. The van der Waals surface area contributed by atoms with Crippen molar-refractivity contribution >= 4 is 37.8 Å². The second-order valence-corrected chi connectivity index (χ2v) is 5.31. The van der Waals surface area contributed by atoms with Crippen LogP contribution in [-0.2, 0) is 11.3 Å². The monoisotopic (exact) mass is 388 g/mol. The predicted molar refractivity (Wildman–Crippen MR) is 76.2 cm³/mol. The molecule has 19 heavy (non-hydrogen) atoms. The summed E-state index contributed by atoms with van der Waals surface area (Å²) in [5, 5.41) is 0. The first-order chi connectivity index (χ1) is 9.11. The fourth-order valence-corrected chi connectivity index (χ4v) is 2.66. The Morgan fingerprint density at radius 2 is 1.89 bits per heavy atom. The van der Waals surface area contributed by atoms with Crippen LogP contribution in [0.3, 0.4) is 0 Å². The average Bonchev–Trinajstić information content (AvgIpc) is 2.86. The van der Waals surface area contributed by atoms with Crippen molar-refractivity contribution in [3.8, 4) is 5.75 Å². The summed E-state index contributed by atoms with van der Waals surface area (Å²) in [5.41, 5.74) is 0. The van der Waals surface area contributed by atoms with Crippen molar-refractivity contribution in [1.29, 1.82) is 0 Å². The van der Waals surface area contributed by atoms with Crippen LogP contribution in [0.5, 0.6) is 5.75 Å². The van der Waals surface area contributed by atoms with E-state index >= 15 is 0 Å². The molecule has 4 nitrogen and oxygen atoms in total. The molecule has 2 rings (SSSR count). The van der Waals surface area contributed by atoms with Gasteiger partial charge in [-0.25, -0.2) is 4.79 Å². The number of benzene rings is 1. The summed E-state index contributed by atoms with van der Waals surface area (Å²) in [5.74, 6) is 0.877. The summed E-state index contributed by atoms with van der Waals surface area (Å²) in [4.78, 5) is 11.2. The van der Waals surface area contributed by atoms with Gasteiger partial charge in [-0.05, 0) is 56.1 Å². The van der Waals surface area contributed by atoms with Crippen LogP contribution in [0.2, 0.25) is 0 Å². The van der Waals surface area contributed by atoms with E-state index in [9.17, 15) is 4.79 Å². The molecule has 0 aliphatic carbocycles. The SMILES string of the molecule is COC(=O)c1ccc(COc2c(Br)cccc2Br)o1. The molecule has 100 valence electrons. The third kappa shape index (κ3) is 3.39. The van der Waals surface area contributed by atoms with Gasteiger partial charge in [0.1, 0.15) is 18.1 Å². The molecule has 0 radical (unpaired) electrons. The van der Waals surface area contributed by atoms with Gasteiger partial charge in [0.2, 0.25) is 5.76 Å². The fourth-order valence-electron chi connectivity index (χ4n) is 1.43. The van der Waals surface area contributed by atoms with Gasteiger partial charge in [-0.1, -0.05) is 6.07 Å². The van der Waals surface area contributed by atoms with E-state index in [1.165, 1.54) is 7.11 Å². The normalized spacial score (nSPS) is 10.3. The smallest absolute Gasteiger partial charge is 0.373 e. The second kappa shape index (κ2) is 6.25. The molecule has 2 aromatic rings. The van der Waals surface area contributed by atoms with Gasteiger partial charge in [-0.3, -0.25) is 0 Å². The number of para-hydroxylation sites is 1. The molecule has 1 aromatic heterocycles. The van der Waals surface area contributed by atoms with Crippen molar-refractivity contribution in [2.24, 2.45) is 0 Å². The minimum absolute atomic E-state index is 0.160. The topological polar surface area (TPSA) is 48.7 Å². The molecular formula is C13H10Br2O4. The van der Waals surface area contributed by atoms with Crippen LogP contribution in [0.1, 0.15) is 16.3 Å². The molecule has 0 saturated heterocycles. The average molecular weight is 390 g/mol. The van der Waals surface area contributed by atoms with Crippen LogP contribution in [-0.4, -0.2) is 13.1 Å². The minimum Gasteiger partial charge on any atom is -0.483 e. The third-order valence-electron chi connectivity index (χ3n) is 2.33. The highest BCUT2D eigenvalue weighted by Gasteiger charge is 2.12. The minimum atomic E-state index is -0.506. The molecule has 0 spiro atoms. The number of ether oxygens (including phenoxy) is 2. The quantitative estimate of drug-likeness (QED) is 0.736. The highest BCUT2D eigenvalue weighted by atomic mass is 79.9. The van der Waals surface area contributed by atoms with Crippen LogP contribution < -0.4 is 4.74 Å². The Morgan fingerprint density at radius 3 is 2.53 bits per heavy atom. The van der Waals surface area contributed by atoms with Crippen LogP contribution >= 0.6 is 31.9 Å². The van der Waals surface area contributed by atoms with Gasteiger partial charge in [0, 0.05) is 0 Å². The van der Waals surface area contributed by atoms with Crippen molar-refractivity contribution in [1.82, 2.24) is 0 Å². The number of furan rings is 1. The molecule has 1 heterocycles. The maximum absolute atomic E-state index is 11.2. The van der Waals surface area contributed by atoms with Crippen molar-refractivity contribution in [2.45, 2.75) is 6.61 Å². The Bertz CT molecular complexity index is 572. The number of esters is 1. The Balaban J connectivity index is 2.07. The second-order valence-electron chi connectivity index (χ2n) is 3.60. The van der Waals surface area contributed by atoms with Crippen LogP contribution in [0.15, 0.2) is 43.7 Å². The zero-order valence-corrected chi connectivity index (χ0v) is 13.2. The van der Waals surface area contributed by atoms with E-state index in [0.29, 0.717) is 11.5 Å². The first-order valence-corrected chi connectivity index (χ1v) is 6.94. The summed E-state index contributed by atoms with van der Waals surface area (Å²) < 4.78 is 17.2. The first kappa shape index (κ1) is 14.1. The van der Waals surface area contributed by atoms with Crippen molar-refractivity contribution < 1.29 is 18.7 Å². The van der Waals surface area contributed by atoms with Crippen LogP contribution in [0, 0.1) is 0 Å². The standard InChI is InChI=1S/C13H10Br2O4/c1-17-13(16)11-6-5-8(19-11)7-18-12-9(14)3-2-4-10(12)15/h2-6H,7H2,1H3. The van der Waals surface area contributed by atoms with Gasteiger partial charge in [0.15, 0.2) is 0 Å². The van der Waals surface area contributed by atoms with Crippen LogP contribution in [0.25, 0.3) is 0 Å². The summed E-state index contributed by atoms with van der Waals surface area (Å²) in [7, 11) is 1.30. The Labute approximate surface area is 127 Å². The molecule has 0 atom stereocenters. The number of methoxy groups -OCH3 is 1. The molecule has 6 heteroatoms. The maximum atomic E-state index is 11.2. The Morgan fingerprint density at radius 1 is 1.21 bits per heavy atom. The number of carbonyl (C=O) groups is 1. The molecule has 0 fully saturated rings. The molecule has 0 unspecified atom stereocenters. The van der Waals surface area contributed by atoms with Gasteiger partial charge < -0.3 is 13.9 Å². The molecule has 0 aliphatic rings. The van der Waals surface area contributed by atoms with E-state index in [1.54, 1.807) is 12.1 Å². The number of rotatable bonds is 4. The van der Waals surface area contributed by atoms with E-state index in [4.69, 9.17) is 9.15 Å². The Hall–Kier alpha value is -1.27. The molecule has 0 aliphatic heterocycles. The summed E-state index contributed by atoms with van der Waals surface area (Å²) in [6.45, 7) is 0.220. The van der Waals surface area contributed by atoms with Gasteiger partial charge in [-0.2, -0.15) is 0 Å². The van der Waals surface area contributed by atoms with E-state index < -0.39 is 5.97 Å². The van der Waals surface area contributed by atoms with Gasteiger partial charge in [0.25, 0.3) is 0 Å². The number of halogens is 2. The maximum Gasteiger partial charge on any atom is 0.373 e. The fraction of sp³-hybridized carbons (Fsp3) is 0.154. The summed E-state index contributed by atoms with van der Waals surface area (Å²) in [6, 6.07) is 8.88. The Kier molecular flexibility index (Phi) is 4.66. The van der Waals surface area contributed by atoms with Crippen molar-refractivity contribution in [2.75, 3.05) is 7.11 Å². The van der Waals surface area contributed by atoms with Crippen molar-refractivity contribution in [3.05, 3.63) is 50.8 Å². The van der Waals surface area contributed by atoms with Gasteiger partial charge >= 0.3 is 5.97 Å². The number of carbonyl (C=O) groups excluding carboxylic acids is 1. The third-order valence-corrected chi connectivity index (χ3v) is 3.57. The molecular weight excluding hydrogens is 380 g/mol. The van der Waals surface area contributed by atoms with Gasteiger partial charge in [-0.15, -0.1) is 0 Å². The van der Waals surface area contributed by atoms with Crippen molar-refractivity contribution in [3.63, 3.8) is 0 Å². The molecule has 0 N–H and O–H groups in total.